The number of carboxylic acids is 1. The quantitative estimate of drug-likeness (QED) is 0.274. The van der Waals surface area contributed by atoms with Crippen molar-refractivity contribution in [2.24, 2.45) is 0 Å². The number of benzene rings is 2. The SMILES string of the molecule is CC(C)c1c(S(=O)(=O)N2CCCC2)c(-c2ccc(F)cc2)c(-c2ccc(F)cc2)n1CCC(O)CC(O)CC(=O)O. The van der Waals surface area contributed by atoms with E-state index in [0.717, 1.165) is 12.8 Å². The van der Waals surface area contributed by atoms with Crippen molar-refractivity contribution in [3.05, 3.63) is 65.9 Å². The lowest BCUT2D eigenvalue weighted by molar-refractivity contribution is -0.139. The standard InChI is InChI=1S/C30H36F2N2O6S/c1-19(2)28-30(41(39,40)33-14-3-4-15-33)27(20-5-9-22(31)10-6-20)29(21-7-11-23(32)12-8-21)34(28)16-13-24(35)17-25(36)18-26(37)38/h5-12,19,24-25,35-36H,3-4,13-18H2,1-2H3,(H,37,38). The monoisotopic (exact) mass is 590 g/mol. The average Bonchev–Trinajstić information content (AvgIpc) is 3.56. The van der Waals surface area contributed by atoms with Crippen LogP contribution in [0.2, 0.25) is 0 Å². The van der Waals surface area contributed by atoms with Crippen molar-refractivity contribution in [3.8, 4) is 22.4 Å². The third-order valence-corrected chi connectivity index (χ3v) is 9.33. The molecule has 1 aliphatic rings. The average molecular weight is 591 g/mol. The predicted molar refractivity (Wildman–Crippen MR) is 151 cm³/mol. The van der Waals surface area contributed by atoms with Gasteiger partial charge in [-0.15, -0.1) is 0 Å². The molecule has 0 amide bonds. The van der Waals surface area contributed by atoms with Crippen LogP contribution >= 0.6 is 0 Å². The topological polar surface area (TPSA) is 120 Å². The molecule has 0 aliphatic carbocycles. The molecule has 1 aromatic heterocycles. The summed E-state index contributed by atoms with van der Waals surface area (Å²) in [5.41, 5.74) is 2.36. The minimum atomic E-state index is -4.02. The van der Waals surface area contributed by atoms with E-state index in [1.165, 1.54) is 40.7 Å². The first-order chi connectivity index (χ1) is 19.4. The van der Waals surface area contributed by atoms with Gasteiger partial charge in [0.1, 0.15) is 16.5 Å². The van der Waals surface area contributed by atoms with Crippen LogP contribution < -0.4 is 0 Å². The number of hydrogen-bond donors (Lipinski definition) is 3. The van der Waals surface area contributed by atoms with Gasteiger partial charge in [0.05, 0.1) is 24.3 Å². The molecule has 1 saturated heterocycles. The van der Waals surface area contributed by atoms with Crippen LogP contribution in [0.4, 0.5) is 8.78 Å². The molecular weight excluding hydrogens is 554 g/mol. The summed E-state index contributed by atoms with van der Waals surface area (Å²) >= 11 is 0. The maximum atomic E-state index is 14.3. The Kier molecular flexibility index (Phi) is 9.63. The Morgan fingerprint density at radius 2 is 1.44 bits per heavy atom. The molecule has 2 aromatic carbocycles. The molecule has 3 aromatic rings. The van der Waals surface area contributed by atoms with Crippen LogP contribution in [-0.2, 0) is 21.4 Å². The summed E-state index contributed by atoms with van der Waals surface area (Å²) in [6.07, 6.45) is -1.43. The lowest BCUT2D eigenvalue weighted by atomic mass is 10.00. The number of aliphatic carboxylic acids is 1. The van der Waals surface area contributed by atoms with E-state index in [-0.39, 0.29) is 30.2 Å². The first-order valence-electron chi connectivity index (χ1n) is 13.8. The molecular formula is C30H36F2N2O6S. The fraction of sp³-hybridized carbons (Fsp3) is 0.433. The number of hydrogen-bond acceptors (Lipinski definition) is 5. The van der Waals surface area contributed by atoms with Crippen molar-refractivity contribution >= 4 is 16.0 Å². The number of aliphatic hydroxyl groups is 2. The second-order valence-corrected chi connectivity index (χ2v) is 12.7. The number of nitrogens with zero attached hydrogens (tertiary/aromatic N) is 2. The van der Waals surface area contributed by atoms with Gasteiger partial charge in [-0.3, -0.25) is 4.79 Å². The van der Waals surface area contributed by atoms with E-state index >= 15 is 0 Å². The molecule has 222 valence electrons. The Morgan fingerprint density at radius 3 is 1.95 bits per heavy atom. The predicted octanol–water partition coefficient (Wildman–Crippen LogP) is 4.98. The summed E-state index contributed by atoms with van der Waals surface area (Å²) in [4.78, 5) is 11.1. The third-order valence-electron chi connectivity index (χ3n) is 7.36. The van der Waals surface area contributed by atoms with Crippen molar-refractivity contribution in [2.75, 3.05) is 13.1 Å². The zero-order chi connectivity index (χ0) is 29.9. The van der Waals surface area contributed by atoms with Crippen LogP contribution in [0.25, 0.3) is 22.4 Å². The minimum absolute atomic E-state index is 0.0886. The summed E-state index contributed by atoms with van der Waals surface area (Å²) in [5.74, 6) is -2.43. The number of aliphatic hydroxyl groups excluding tert-OH is 2. The summed E-state index contributed by atoms with van der Waals surface area (Å²) in [7, 11) is -4.02. The van der Waals surface area contributed by atoms with Crippen LogP contribution in [0.1, 0.15) is 57.6 Å². The summed E-state index contributed by atoms with van der Waals surface area (Å²) in [6.45, 7) is 4.61. The zero-order valence-corrected chi connectivity index (χ0v) is 23.9. The number of halogens is 2. The molecule has 1 fully saturated rings. The number of rotatable bonds is 12. The van der Waals surface area contributed by atoms with Crippen LogP contribution in [0, 0.1) is 11.6 Å². The molecule has 4 rings (SSSR count). The second kappa shape index (κ2) is 12.8. The summed E-state index contributed by atoms with van der Waals surface area (Å²) < 4.78 is 59.9. The highest BCUT2D eigenvalue weighted by Crippen LogP contribution is 2.46. The van der Waals surface area contributed by atoms with Crippen LogP contribution in [0.3, 0.4) is 0 Å². The van der Waals surface area contributed by atoms with E-state index in [1.54, 1.807) is 12.1 Å². The highest BCUT2D eigenvalue weighted by atomic mass is 32.2. The van der Waals surface area contributed by atoms with Gasteiger partial charge in [-0.1, -0.05) is 26.0 Å². The lowest BCUT2D eigenvalue weighted by Gasteiger charge is -2.21. The van der Waals surface area contributed by atoms with Gasteiger partial charge in [0.25, 0.3) is 0 Å². The Balaban J connectivity index is 1.96. The molecule has 8 nitrogen and oxygen atoms in total. The molecule has 0 radical (unpaired) electrons. The highest BCUT2D eigenvalue weighted by molar-refractivity contribution is 7.89. The van der Waals surface area contributed by atoms with E-state index in [2.05, 4.69) is 0 Å². The summed E-state index contributed by atoms with van der Waals surface area (Å²) in [5, 5.41) is 29.7. The zero-order valence-electron chi connectivity index (χ0n) is 23.1. The van der Waals surface area contributed by atoms with E-state index in [1.807, 2.05) is 18.4 Å². The Hall–Kier alpha value is -3.12. The fourth-order valence-corrected chi connectivity index (χ4v) is 7.61. The first-order valence-corrected chi connectivity index (χ1v) is 15.2. The van der Waals surface area contributed by atoms with Gasteiger partial charge in [0.15, 0.2) is 0 Å². The molecule has 2 atom stereocenters. The molecule has 11 heteroatoms. The van der Waals surface area contributed by atoms with E-state index in [0.29, 0.717) is 41.2 Å². The van der Waals surface area contributed by atoms with Gasteiger partial charge in [-0.2, -0.15) is 4.31 Å². The van der Waals surface area contributed by atoms with Crippen molar-refractivity contribution in [1.82, 2.24) is 8.87 Å². The van der Waals surface area contributed by atoms with Gasteiger partial charge >= 0.3 is 5.97 Å². The van der Waals surface area contributed by atoms with Crippen molar-refractivity contribution in [1.29, 1.82) is 0 Å². The second-order valence-electron chi connectivity index (χ2n) is 10.8. The van der Waals surface area contributed by atoms with E-state index in [4.69, 9.17) is 5.11 Å². The minimum Gasteiger partial charge on any atom is -0.481 e. The van der Waals surface area contributed by atoms with Crippen LogP contribution in [0.5, 0.6) is 0 Å². The van der Waals surface area contributed by atoms with Crippen molar-refractivity contribution in [2.45, 2.75) is 75.5 Å². The molecule has 2 unspecified atom stereocenters. The fourth-order valence-electron chi connectivity index (χ4n) is 5.53. The molecule has 0 saturated carbocycles. The first kappa shape index (κ1) is 30.8. The molecule has 41 heavy (non-hydrogen) atoms. The van der Waals surface area contributed by atoms with E-state index in [9.17, 15) is 32.2 Å². The van der Waals surface area contributed by atoms with E-state index < -0.39 is 46.3 Å². The third kappa shape index (κ3) is 6.86. The smallest absolute Gasteiger partial charge is 0.305 e. The van der Waals surface area contributed by atoms with Gasteiger partial charge in [0, 0.05) is 30.9 Å². The van der Waals surface area contributed by atoms with Crippen LogP contribution in [0.15, 0.2) is 53.4 Å². The Labute approximate surface area is 238 Å². The van der Waals surface area contributed by atoms with Gasteiger partial charge in [-0.25, -0.2) is 17.2 Å². The maximum Gasteiger partial charge on any atom is 0.305 e. The highest BCUT2D eigenvalue weighted by Gasteiger charge is 2.38. The lowest BCUT2D eigenvalue weighted by Crippen LogP contribution is -2.29. The number of aromatic nitrogens is 1. The number of carboxylic acid groups (broad SMARTS) is 1. The largest absolute Gasteiger partial charge is 0.481 e. The van der Waals surface area contributed by atoms with Gasteiger partial charge < -0.3 is 19.9 Å². The van der Waals surface area contributed by atoms with Crippen LogP contribution in [-0.4, -0.2) is 63.9 Å². The van der Waals surface area contributed by atoms with Crippen molar-refractivity contribution in [3.63, 3.8) is 0 Å². The number of carbonyl (C=O) groups is 1. The molecule has 2 heterocycles. The number of sulfonamides is 1. The Bertz CT molecular complexity index is 1460. The normalized spacial score (nSPS) is 15.9. The maximum absolute atomic E-state index is 14.3. The molecule has 0 spiro atoms. The summed E-state index contributed by atoms with van der Waals surface area (Å²) in [6, 6.07) is 11.2. The van der Waals surface area contributed by atoms with Gasteiger partial charge in [-0.05, 0) is 79.1 Å². The molecule has 1 aliphatic heterocycles. The molecule has 0 bridgehead atoms. The van der Waals surface area contributed by atoms with Gasteiger partial charge in [0.2, 0.25) is 10.0 Å². The van der Waals surface area contributed by atoms with Crippen molar-refractivity contribution < 1.29 is 37.3 Å². The Morgan fingerprint density at radius 1 is 0.902 bits per heavy atom. The molecule has 3 N–H and O–H groups in total.